The van der Waals surface area contributed by atoms with Gasteiger partial charge >= 0.3 is 0 Å². The molecule has 8 heteroatoms. The van der Waals surface area contributed by atoms with Gasteiger partial charge in [0.15, 0.2) is 6.61 Å². The fourth-order valence-corrected chi connectivity index (χ4v) is 4.51. The minimum atomic E-state index is -0.693. The second-order valence-corrected chi connectivity index (χ2v) is 9.73. The smallest absolute Gasteiger partial charge is 0.261 e. The number of nitrogens with one attached hydrogen (secondary N) is 1. The number of halogens is 3. The molecule has 0 aliphatic heterocycles. The van der Waals surface area contributed by atoms with E-state index < -0.39 is 6.04 Å². The van der Waals surface area contributed by atoms with Crippen LogP contribution < -0.4 is 10.1 Å². The van der Waals surface area contributed by atoms with Gasteiger partial charge in [0.25, 0.3) is 5.91 Å². The van der Waals surface area contributed by atoms with Crippen molar-refractivity contribution in [2.75, 3.05) is 6.61 Å². The highest BCUT2D eigenvalue weighted by Crippen LogP contribution is 2.25. The summed E-state index contributed by atoms with van der Waals surface area (Å²) in [4.78, 5) is 27.7. The van der Waals surface area contributed by atoms with E-state index in [0.717, 1.165) is 31.2 Å². The molecule has 0 bridgehead atoms. The number of ether oxygens (including phenoxy) is 1. The molecule has 1 atom stereocenters. The molecule has 0 spiro atoms. The molecule has 2 amide bonds. The molecule has 1 fully saturated rings. The molecule has 0 unspecified atom stereocenters. The van der Waals surface area contributed by atoms with Gasteiger partial charge in [-0.15, -0.1) is 0 Å². The van der Waals surface area contributed by atoms with E-state index in [1.165, 1.54) is 11.3 Å². The summed E-state index contributed by atoms with van der Waals surface area (Å²) < 4.78 is 5.72. The highest BCUT2D eigenvalue weighted by Gasteiger charge is 2.29. The van der Waals surface area contributed by atoms with Crippen LogP contribution in [0.5, 0.6) is 5.75 Å². The van der Waals surface area contributed by atoms with E-state index in [0.29, 0.717) is 26.4 Å². The second-order valence-electron chi connectivity index (χ2n) is 8.48. The molecule has 1 aliphatic carbocycles. The Morgan fingerprint density at radius 3 is 2.45 bits per heavy atom. The van der Waals surface area contributed by atoms with Crippen LogP contribution in [0.2, 0.25) is 15.1 Å². The van der Waals surface area contributed by atoms with E-state index in [1.807, 2.05) is 6.92 Å². The largest absolute Gasteiger partial charge is 0.484 e. The predicted octanol–water partition coefficient (Wildman–Crippen LogP) is 6.20. The summed E-state index contributed by atoms with van der Waals surface area (Å²) in [7, 11) is 0. The lowest BCUT2D eigenvalue weighted by Crippen LogP contribution is -2.51. The lowest BCUT2D eigenvalue weighted by Gasteiger charge is -2.31. The molecule has 2 aromatic rings. The second kappa shape index (κ2) is 12.0. The SMILES string of the molecule is Cc1cc(OCC(=O)N(Cc2ccc(Cl)cc2Cl)[C@@H](C)C(=O)NC2CCCCC2)ccc1Cl. The average Bonchev–Trinajstić information content (AvgIpc) is 2.79. The number of nitrogens with zero attached hydrogens (tertiary/aromatic N) is 1. The summed E-state index contributed by atoms with van der Waals surface area (Å²) in [5, 5.41) is 4.68. The van der Waals surface area contributed by atoms with Crippen LogP contribution >= 0.6 is 34.8 Å². The summed E-state index contributed by atoms with van der Waals surface area (Å²) >= 11 is 18.4. The molecule has 178 valence electrons. The van der Waals surface area contributed by atoms with Crippen molar-refractivity contribution in [3.63, 3.8) is 0 Å². The van der Waals surface area contributed by atoms with Gasteiger partial charge in [-0.05, 0) is 68.1 Å². The van der Waals surface area contributed by atoms with Gasteiger partial charge in [-0.1, -0.05) is 60.1 Å². The van der Waals surface area contributed by atoms with Crippen LogP contribution in [0.4, 0.5) is 0 Å². The zero-order chi connectivity index (χ0) is 24.0. The van der Waals surface area contributed by atoms with E-state index in [9.17, 15) is 9.59 Å². The Hall–Kier alpha value is -1.95. The van der Waals surface area contributed by atoms with Crippen molar-refractivity contribution in [2.24, 2.45) is 0 Å². The molecule has 0 saturated heterocycles. The molecule has 1 saturated carbocycles. The molecular formula is C25H29Cl3N2O3. The van der Waals surface area contributed by atoms with E-state index in [4.69, 9.17) is 39.5 Å². The summed E-state index contributed by atoms with van der Waals surface area (Å²) in [6.45, 7) is 3.54. The van der Waals surface area contributed by atoms with E-state index in [1.54, 1.807) is 43.3 Å². The van der Waals surface area contributed by atoms with Crippen LogP contribution in [0.15, 0.2) is 36.4 Å². The number of aryl methyl sites for hydroxylation is 1. The third-order valence-corrected chi connectivity index (χ3v) is 6.98. The van der Waals surface area contributed by atoms with Crippen molar-refractivity contribution < 1.29 is 14.3 Å². The molecular weight excluding hydrogens is 483 g/mol. The van der Waals surface area contributed by atoms with Gasteiger partial charge in [0.05, 0.1) is 0 Å². The maximum Gasteiger partial charge on any atom is 0.261 e. The van der Waals surface area contributed by atoms with Crippen LogP contribution in [0.1, 0.15) is 50.2 Å². The normalized spacial score (nSPS) is 15.1. The summed E-state index contributed by atoms with van der Waals surface area (Å²) in [5.74, 6) is 0.0385. The Labute approximate surface area is 210 Å². The van der Waals surface area contributed by atoms with Gasteiger partial charge in [0.1, 0.15) is 11.8 Å². The number of amides is 2. The third-order valence-electron chi connectivity index (χ3n) is 5.97. The molecule has 0 radical (unpaired) electrons. The van der Waals surface area contributed by atoms with Gasteiger partial charge < -0.3 is 15.0 Å². The van der Waals surface area contributed by atoms with Crippen molar-refractivity contribution in [1.82, 2.24) is 10.2 Å². The predicted molar refractivity (Wildman–Crippen MR) is 133 cm³/mol. The third kappa shape index (κ3) is 7.26. The number of carbonyl (C=O) groups is 2. The van der Waals surface area contributed by atoms with Gasteiger partial charge in [-0.2, -0.15) is 0 Å². The molecule has 2 aromatic carbocycles. The lowest BCUT2D eigenvalue weighted by molar-refractivity contribution is -0.142. The Morgan fingerprint density at radius 2 is 1.79 bits per heavy atom. The molecule has 1 aliphatic rings. The Balaban J connectivity index is 1.74. The molecule has 1 N–H and O–H groups in total. The van der Waals surface area contributed by atoms with Gasteiger partial charge in [-0.25, -0.2) is 0 Å². The monoisotopic (exact) mass is 510 g/mol. The van der Waals surface area contributed by atoms with Gasteiger partial charge in [0, 0.05) is 27.7 Å². The zero-order valence-electron chi connectivity index (χ0n) is 18.9. The standard InChI is InChI=1S/C25H29Cl3N2O3/c1-16-12-21(10-11-22(16)27)33-15-24(31)30(14-18-8-9-19(26)13-23(18)28)17(2)25(32)29-20-6-4-3-5-7-20/h8-13,17,20H,3-7,14-15H2,1-2H3,(H,29,32)/t17-/m0/s1. The molecule has 0 aromatic heterocycles. The first-order chi connectivity index (χ1) is 15.7. The summed E-state index contributed by atoms with van der Waals surface area (Å²) in [6.07, 6.45) is 5.35. The molecule has 0 heterocycles. The quantitative estimate of drug-likeness (QED) is 0.459. The van der Waals surface area contributed by atoms with E-state index in [-0.39, 0.29) is 31.0 Å². The number of carbonyl (C=O) groups excluding carboxylic acids is 2. The van der Waals surface area contributed by atoms with Crippen LogP contribution in [0.25, 0.3) is 0 Å². The van der Waals surface area contributed by atoms with Crippen molar-refractivity contribution in [3.8, 4) is 5.75 Å². The first-order valence-corrected chi connectivity index (χ1v) is 12.3. The molecule has 33 heavy (non-hydrogen) atoms. The Bertz CT molecular complexity index is 993. The maximum absolute atomic E-state index is 13.2. The Kier molecular flexibility index (Phi) is 9.30. The lowest BCUT2D eigenvalue weighted by atomic mass is 9.95. The summed E-state index contributed by atoms with van der Waals surface area (Å²) in [5.41, 5.74) is 1.56. The van der Waals surface area contributed by atoms with E-state index in [2.05, 4.69) is 5.32 Å². The molecule has 3 rings (SSSR count). The number of benzene rings is 2. The topological polar surface area (TPSA) is 58.6 Å². The van der Waals surface area contributed by atoms with Crippen molar-refractivity contribution >= 4 is 46.6 Å². The summed E-state index contributed by atoms with van der Waals surface area (Å²) in [6, 6.07) is 9.77. The minimum absolute atomic E-state index is 0.151. The highest BCUT2D eigenvalue weighted by atomic mass is 35.5. The fraction of sp³-hybridized carbons (Fsp3) is 0.440. The number of hydrogen-bond acceptors (Lipinski definition) is 3. The van der Waals surface area contributed by atoms with Gasteiger partial charge in [-0.3, -0.25) is 9.59 Å². The highest BCUT2D eigenvalue weighted by molar-refractivity contribution is 6.35. The molecule has 5 nitrogen and oxygen atoms in total. The van der Waals surface area contributed by atoms with Crippen LogP contribution in [0.3, 0.4) is 0 Å². The Morgan fingerprint density at radius 1 is 1.06 bits per heavy atom. The first-order valence-electron chi connectivity index (χ1n) is 11.2. The average molecular weight is 512 g/mol. The minimum Gasteiger partial charge on any atom is -0.484 e. The first kappa shape index (κ1) is 25.7. The van der Waals surface area contributed by atoms with Crippen molar-refractivity contribution in [2.45, 2.75) is 64.6 Å². The number of hydrogen-bond donors (Lipinski definition) is 1. The van der Waals surface area contributed by atoms with Crippen LogP contribution in [-0.2, 0) is 16.1 Å². The van der Waals surface area contributed by atoms with Crippen LogP contribution in [-0.4, -0.2) is 35.4 Å². The number of rotatable bonds is 8. The van der Waals surface area contributed by atoms with Crippen molar-refractivity contribution in [3.05, 3.63) is 62.6 Å². The van der Waals surface area contributed by atoms with E-state index >= 15 is 0 Å². The fourth-order valence-electron chi connectivity index (χ4n) is 3.92. The van der Waals surface area contributed by atoms with Crippen molar-refractivity contribution in [1.29, 1.82) is 0 Å². The zero-order valence-corrected chi connectivity index (χ0v) is 21.1. The van der Waals surface area contributed by atoms with Crippen LogP contribution in [0, 0.1) is 6.92 Å². The maximum atomic E-state index is 13.2. The van der Waals surface area contributed by atoms with Gasteiger partial charge in [0.2, 0.25) is 5.91 Å².